The van der Waals surface area contributed by atoms with Crippen LogP contribution in [0.25, 0.3) is 4.96 Å². The summed E-state index contributed by atoms with van der Waals surface area (Å²) in [6.45, 7) is 1.98. The molecule has 0 radical (unpaired) electrons. The van der Waals surface area contributed by atoms with Crippen molar-refractivity contribution in [1.29, 1.82) is 0 Å². The van der Waals surface area contributed by atoms with Gasteiger partial charge in [0, 0.05) is 22.2 Å². The number of carbonyl (C=O) groups excluding carboxylic acids is 1. The summed E-state index contributed by atoms with van der Waals surface area (Å²) in [7, 11) is 0. The normalized spacial score (nSPS) is 12.5. The first-order chi connectivity index (χ1) is 10.1. The zero-order chi connectivity index (χ0) is 14.8. The second kappa shape index (κ2) is 5.99. The van der Waals surface area contributed by atoms with Crippen LogP contribution in [0.1, 0.15) is 24.2 Å². The van der Waals surface area contributed by atoms with Gasteiger partial charge in [-0.05, 0) is 18.6 Å². The Bertz CT molecular complexity index is 751. The van der Waals surface area contributed by atoms with E-state index in [0.717, 1.165) is 20.7 Å². The Labute approximate surface area is 135 Å². The zero-order valence-electron chi connectivity index (χ0n) is 11.4. The van der Waals surface area contributed by atoms with E-state index in [1.54, 1.807) is 11.3 Å². The van der Waals surface area contributed by atoms with Crippen LogP contribution < -0.4 is 5.32 Å². The number of rotatable bonds is 4. The lowest BCUT2D eigenvalue weighted by molar-refractivity contribution is -0.121. The molecule has 0 aliphatic rings. The Morgan fingerprint density at radius 1 is 1.48 bits per heavy atom. The van der Waals surface area contributed by atoms with Crippen molar-refractivity contribution in [3.05, 3.63) is 57.8 Å². The van der Waals surface area contributed by atoms with E-state index in [1.165, 1.54) is 0 Å². The first kappa shape index (κ1) is 14.3. The minimum absolute atomic E-state index is 0.0241. The number of benzene rings is 1. The van der Waals surface area contributed by atoms with E-state index < -0.39 is 0 Å². The van der Waals surface area contributed by atoms with E-state index in [2.05, 4.69) is 26.2 Å². The molecule has 1 amide bonds. The van der Waals surface area contributed by atoms with Crippen molar-refractivity contribution < 1.29 is 4.79 Å². The Morgan fingerprint density at radius 3 is 3.05 bits per heavy atom. The molecule has 3 rings (SSSR count). The predicted octanol–water partition coefficient (Wildman–Crippen LogP) is 3.58. The van der Waals surface area contributed by atoms with E-state index in [9.17, 15) is 4.79 Å². The van der Waals surface area contributed by atoms with Crippen LogP contribution >= 0.6 is 27.3 Å². The number of hydrogen-bond donors (Lipinski definition) is 1. The SMILES string of the molecule is CC(NC(=O)Cc1cn2ccsc2n1)c1ccccc1Br. The topological polar surface area (TPSA) is 46.4 Å². The minimum atomic E-state index is -0.0446. The van der Waals surface area contributed by atoms with E-state index >= 15 is 0 Å². The maximum Gasteiger partial charge on any atom is 0.226 e. The fourth-order valence-corrected chi connectivity index (χ4v) is 3.57. The minimum Gasteiger partial charge on any atom is -0.349 e. The first-order valence-corrected chi connectivity index (χ1v) is 8.25. The fourth-order valence-electron chi connectivity index (χ4n) is 2.22. The molecule has 2 heterocycles. The Kier molecular flexibility index (Phi) is 4.07. The van der Waals surface area contributed by atoms with Crippen LogP contribution in [-0.2, 0) is 11.2 Å². The van der Waals surface area contributed by atoms with Crippen LogP contribution in [-0.4, -0.2) is 15.3 Å². The van der Waals surface area contributed by atoms with Crippen molar-refractivity contribution in [3.63, 3.8) is 0 Å². The van der Waals surface area contributed by atoms with E-state index in [4.69, 9.17) is 0 Å². The maximum absolute atomic E-state index is 12.1. The molecular formula is C15H14BrN3OS. The molecule has 2 aromatic heterocycles. The van der Waals surface area contributed by atoms with Crippen molar-refractivity contribution in [2.75, 3.05) is 0 Å². The lowest BCUT2D eigenvalue weighted by Gasteiger charge is -2.15. The third kappa shape index (κ3) is 3.16. The summed E-state index contributed by atoms with van der Waals surface area (Å²) in [5, 5.41) is 4.98. The molecule has 0 aliphatic carbocycles. The molecule has 1 atom stereocenters. The molecule has 3 aromatic rings. The van der Waals surface area contributed by atoms with Gasteiger partial charge in [0.1, 0.15) is 0 Å². The van der Waals surface area contributed by atoms with Crippen LogP contribution in [0.2, 0.25) is 0 Å². The van der Waals surface area contributed by atoms with E-state index in [0.29, 0.717) is 6.42 Å². The largest absolute Gasteiger partial charge is 0.349 e. The number of hydrogen-bond acceptors (Lipinski definition) is 3. The predicted molar refractivity (Wildman–Crippen MR) is 87.5 cm³/mol. The van der Waals surface area contributed by atoms with Gasteiger partial charge in [0.2, 0.25) is 5.91 Å². The van der Waals surface area contributed by atoms with Crippen LogP contribution in [0, 0.1) is 0 Å². The molecule has 1 N–H and O–H groups in total. The highest BCUT2D eigenvalue weighted by Gasteiger charge is 2.13. The smallest absolute Gasteiger partial charge is 0.226 e. The Morgan fingerprint density at radius 2 is 2.29 bits per heavy atom. The molecule has 21 heavy (non-hydrogen) atoms. The summed E-state index contributed by atoms with van der Waals surface area (Å²) in [6.07, 6.45) is 4.13. The molecule has 0 saturated carbocycles. The van der Waals surface area contributed by atoms with Gasteiger partial charge in [0.05, 0.1) is 18.2 Å². The lowest BCUT2D eigenvalue weighted by Crippen LogP contribution is -2.28. The van der Waals surface area contributed by atoms with Gasteiger partial charge in [-0.2, -0.15) is 0 Å². The number of aromatic nitrogens is 2. The van der Waals surface area contributed by atoms with Crippen LogP contribution in [0.4, 0.5) is 0 Å². The molecule has 1 aromatic carbocycles. The van der Waals surface area contributed by atoms with Crippen LogP contribution in [0.3, 0.4) is 0 Å². The number of halogens is 1. The van der Waals surface area contributed by atoms with Gasteiger partial charge in [-0.3, -0.25) is 9.20 Å². The number of amides is 1. The number of thiazole rings is 1. The van der Waals surface area contributed by atoms with Crippen LogP contribution in [0.5, 0.6) is 0 Å². The standard InChI is InChI=1S/C15H14BrN3OS/c1-10(12-4-2-3-5-13(12)16)17-14(20)8-11-9-19-6-7-21-15(19)18-11/h2-7,9-10H,8H2,1H3,(H,17,20). The number of nitrogens with one attached hydrogen (secondary N) is 1. The Hall–Kier alpha value is -1.66. The number of imidazole rings is 1. The second-order valence-electron chi connectivity index (χ2n) is 4.81. The van der Waals surface area contributed by atoms with Crippen molar-refractivity contribution in [3.8, 4) is 0 Å². The molecule has 0 aliphatic heterocycles. The van der Waals surface area contributed by atoms with Gasteiger partial charge in [-0.1, -0.05) is 34.1 Å². The van der Waals surface area contributed by atoms with Crippen molar-refractivity contribution in [1.82, 2.24) is 14.7 Å². The first-order valence-electron chi connectivity index (χ1n) is 6.58. The van der Waals surface area contributed by atoms with Gasteiger partial charge in [0.15, 0.2) is 4.96 Å². The molecule has 0 spiro atoms. The summed E-state index contributed by atoms with van der Waals surface area (Å²) < 4.78 is 2.94. The number of fused-ring (bicyclic) bond motifs is 1. The van der Waals surface area contributed by atoms with Crippen molar-refractivity contribution >= 4 is 38.1 Å². The summed E-state index contributed by atoms with van der Waals surface area (Å²) in [4.78, 5) is 17.5. The highest BCUT2D eigenvalue weighted by atomic mass is 79.9. The molecular weight excluding hydrogens is 350 g/mol. The molecule has 0 saturated heterocycles. The maximum atomic E-state index is 12.1. The highest BCUT2D eigenvalue weighted by Crippen LogP contribution is 2.22. The average Bonchev–Trinajstić information content (AvgIpc) is 2.99. The van der Waals surface area contributed by atoms with E-state index in [-0.39, 0.29) is 11.9 Å². The molecule has 0 bridgehead atoms. The van der Waals surface area contributed by atoms with Gasteiger partial charge in [-0.15, -0.1) is 11.3 Å². The molecule has 0 fully saturated rings. The lowest BCUT2D eigenvalue weighted by atomic mass is 10.1. The molecule has 1 unspecified atom stereocenters. The number of nitrogens with zero attached hydrogens (tertiary/aromatic N) is 2. The quantitative estimate of drug-likeness (QED) is 0.769. The van der Waals surface area contributed by atoms with Crippen LogP contribution in [0.15, 0.2) is 46.5 Å². The summed E-state index contributed by atoms with van der Waals surface area (Å²) in [5.74, 6) is -0.0241. The zero-order valence-corrected chi connectivity index (χ0v) is 13.8. The highest BCUT2D eigenvalue weighted by molar-refractivity contribution is 9.10. The van der Waals surface area contributed by atoms with Gasteiger partial charge in [-0.25, -0.2) is 4.98 Å². The third-order valence-electron chi connectivity index (χ3n) is 3.23. The van der Waals surface area contributed by atoms with Gasteiger partial charge < -0.3 is 5.32 Å². The van der Waals surface area contributed by atoms with E-state index in [1.807, 2.05) is 53.4 Å². The third-order valence-corrected chi connectivity index (χ3v) is 4.73. The molecule has 108 valence electrons. The fraction of sp³-hybridized carbons (Fsp3) is 0.200. The average molecular weight is 364 g/mol. The van der Waals surface area contributed by atoms with Crippen molar-refractivity contribution in [2.45, 2.75) is 19.4 Å². The number of carbonyl (C=O) groups is 1. The summed E-state index contributed by atoms with van der Waals surface area (Å²) in [5.41, 5.74) is 1.86. The monoisotopic (exact) mass is 363 g/mol. The van der Waals surface area contributed by atoms with Gasteiger partial charge >= 0.3 is 0 Å². The molecule has 6 heteroatoms. The second-order valence-corrected chi connectivity index (χ2v) is 6.54. The summed E-state index contributed by atoms with van der Waals surface area (Å²) in [6, 6.07) is 7.85. The van der Waals surface area contributed by atoms with Crippen molar-refractivity contribution in [2.24, 2.45) is 0 Å². The van der Waals surface area contributed by atoms with Gasteiger partial charge in [0.25, 0.3) is 0 Å². The Balaban J connectivity index is 1.66. The molecule has 4 nitrogen and oxygen atoms in total. The summed E-state index contributed by atoms with van der Waals surface area (Å²) >= 11 is 5.07.